The summed E-state index contributed by atoms with van der Waals surface area (Å²) in [6.07, 6.45) is 0.0743. The molecule has 1 unspecified atom stereocenters. The molecule has 90 valence electrons. The van der Waals surface area contributed by atoms with Crippen LogP contribution in [0.3, 0.4) is 0 Å². The van der Waals surface area contributed by atoms with Crippen LogP contribution in [0.2, 0.25) is 0 Å². The van der Waals surface area contributed by atoms with Gasteiger partial charge in [0.1, 0.15) is 0 Å². The Hall–Kier alpha value is -1.06. The molecule has 0 amide bonds. The number of aliphatic hydroxyl groups is 2. The molecule has 1 aromatic rings. The monoisotopic (exact) mass is 223 g/mol. The fraction of sp³-hybridized carbons (Fsp3) is 0.538. The summed E-state index contributed by atoms with van der Waals surface area (Å²) in [7, 11) is 2.00. The molecule has 3 nitrogen and oxygen atoms in total. The molecular formula is C13H21NO2. The van der Waals surface area contributed by atoms with Gasteiger partial charge < -0.3 is 15.1 Å². The molecule has 0 heterocycles. The Morgan fingerprint density at radius 2 is 1.69 bits per heavy atom. The van der Waals surface area contributed by atoms with Gasteiger partial charge in [0.05, 0.1) is 12.2 Å². The fourth-order valence-electron chi connectivity index (χ4n) is 1.52. The van der Waals surface area contributed by atoms with E-state index < -0.39 is 6.10 Å². The molecule has 0 bridgehead atoms. The minimum Gasteiger partial charge on any atom is -0.393 e. The lowest BCUT2D eigenvalue weighted by Crippen LogP contribution is -2.21. The van der Waals surface area contributed by atoms with Crippen LogP contribution in [0.25, 0.3) is 0 Å². The largest absolute Gasteiger partial charge is 0.393 e. The van der Waals surface area contributed by atoms with Crippen molar-refractivity contribution < 1.29 is 10.2 Å². The maximum absolute atomic E-state index is 9.38. The fourth-order valence-corrected chi connectivity index (χ4v) is 1.52. The summed E-state index contributed by atoms with van der Waals surface area (Å²) < 4.78 is 0. The SMILES string of the molecule is CC(O)CCN(C)c1ccc([C@@H](C)O)cc1. The maximum atomic E-state index is 9.38. The van der Waals surface area contributed by atoms with Gasteiger partial charge in [-0.2, -0.15) is 0 Å². The molecule has 2 atom stereocenters. The smallest absolute Gasteiger partial charge is 0.0761 e. The van der Waals surface area contributed by atoms with Gasteiger partial charge >= 0.3 is 0 Å². The van der Waals surface area contributed by atoms with Crippen LogP contribution in [0.5, 0.6) is 0 Å². The van der Waals surface area contributed by atoms with E-state index in [1.807, 2.05) is 31.3 Å². The molecule has 16 heavy (non-hydrogen) atoms. The van der Waals surface area contributed by atoms with Gasteiger partial charge in [-0.05, 0) is 38.0 Å². The zero-order chi connectivity index (χ0) is 12.1. The number of nitrogens with zero attached hydrogens (tertiary/aromatic N) is 1. The first-order valence-corrected chi connectivity index (χ1v) is 5.68. The molecule has 0 spiro atoms. The van der Waals surface area contributed by atoms with Crippen molar-refractivity contribution in [3.63, 3.8) is 0 Å². The first-order chi connectivity index (χ1) is 7.50. The van der Waals surface area contributed by atoms with Crippen LogP contribution < -0.4 is 4.90 Å². The van der Waals surface area contributed by atoms with Crippen LogP contribution in [0.1, 0.15) is 31.9 Å². The maximum Gasteiger partial charge on any atom is 0.0761 e. The van der Waals surface area contributed by atoms with Crippen molar-refractivity contribution in [3.8, 4) is 0 Å². The molecule has 1 aromatic carbocycles. The second kappa shape index (κ2) is 5.87. The highest BCUT2D eigenvalue weighted by Gasteiger charge is 2.04. The zero-order valence-electron chi connectivity index (χ0n) is 10.2. The first-order valence-electron chi connectivity index (χ1n) is 5.68. The van der Waals surface area contributed by atoms with E-state index in [0.717, 1.165) is 24.2 Å². The molecule has 0 saturated heterocycles. The highest BCUT2D eigenvalue weighted by Crippen LogP contribution is 2.18. The quantitative estimate of drug-likeness (QED) is 0.802. The highest BCUT2D eigenvalue weighted by atomic mass is 16.3. The van der Waals surface area contributed by atoms with Crippen LogP contribution >= 0.6 is 0 Å². The van der Waals surface area contributed by atoms with Crippen molar-refractivity contribution in [3.05, 3.63) is 29.8 Å². The predicted molar refractivity (Wildman–Crippen MR) is 66.6 cm³/mol. The van der Waals surface area contributed by atoms with E-state index in [2.05, 4.69) is 4.90 Å². The number of hydrogen-bond donors (Lipinski definition) is 2. The van der Waals surface area contributed by atoms with E-state index in [9.17, 15) is 10.2 Å². The lowest BCUT2D eigenvalue weighted by Gasteiger charge is -2.20. The van der Waals surface area contributed by atoms with E-state index in [1.165, 1.54) is 0 Å². The molecule has 0 aliphatic heterocycles. The molecule has 3 heteroatoms. The van der Waals surface area contributed by atoms with E-state index in [4.69, 9.17) is 0 Å². The topological polar surface area (TPSA) is 43.7 Å². The van der Waals surface area contributed by atoms with E-state index >= 15 is 0 Å². The molecular weight excluding hydrogens is 202 g/mol. The van der Waals surface area contributed by atoms with Crippen LogP contribution in [0, 0.1) is 0 Å². The van der Waals surface area contributed by atoms with Gasteiger partial charge in [-0.15, -0.1) is 0 Å². The molecule has 0 aliphatic rings. The second-order valence-electron chi connectivity index (χ2n) is 4.33. The van der Waals surface area contributed by atoms with Crippen LogP contribution in [0.15, 0.2) is 24.3 Å². The number of aliphatic hydroxyl groups excluding tert-OH is 2. The normalized spacial score (nSPS) is 14.6. The third kappa shape index (κ3) is 3.83. The van der Waals surface area contributed by atoms with Gasteiger partial charge in [0.25, 0.3) is 0 Å². The number of anilines is 1. The number of benzene rings is 1. The summed E-state index contributed by atoms with van der Waals surface area (Å²) in [6, 6.07) is 7.84. The molecule has 0 saturated carbocycles. The van der Waals surface area contributed by atoms with Crippen molar-refractivity contribution in [2.24, 2.45) is 0 Å². The Balaban J connectivity index is 2.59. The Bertz CT molecular complexity index is 306. The van der Waals surface area contributed by atoms with Crippen molar-refractivity contribution in [2.75, 3.05) is 18.5 Å². The van der Waals surface area contributed by atoms with E-state index in [1.54, 1.807) is 13.8 Å². The van der Waals surface area contributed by atoms with Crippen LogP contribution in [-0.4, -0.2) is 29.9 Å². The minimum absolute atomic E-state index is 0.265. The predicted octanol–water partition coefficient (Wildman–Crippen LogP) is 1.95. The molecule has 0 fully saturated rings. The molecule has 0 radical (unpaired) electrons. The molecule has 1 rings (SSSR count). The number of hydrogen-bond acceptors (Lipinski definition) is 3. The van der Waals surface area contributed by atoms with Crippen molar-refractivity contribution >= 4 is 5.69 Å². The Labute approximate surface area is 97.3 Å². The lowest BCUT2D eigenvalue weighted by atomic mass is 10.1. The van der Waals surface area contributed by atoms with E-state index in [0.29, 0.717) is 0 Å². The lowest BCUT2D eigenvalue weighted by molar-refractivity contribution is 0.187. The Kier molecular flexibility index (Phi) is 4.77. The van der Waals surface area contributed by atoms with Crippen molar-refractivity contribution in [2.45, 2.75) is 32.5 Å². The number of rotatable bonds is 5. The van der Waals surface area contributed by atoms with Gasteiger partial charge in [-0.25, -0.2) is 0 Å². The van der Waals surface area contributed by atoms with Crippen LogP contribution in [0.4, 0.5) is 5.69 Å². The summed E-state index contributed by atoms with van der Waals surface area (Å²) in [5.41, 5.74) is 2.03. The minimum atomic E-state index is -0.420. The zero-order valence-corrected chi connectivity index (χ0v) is 10.2. The highest BCUT2D eigenvalue weighted by molar-refractivity contribution is 5.47. The van der Waals surface area contributed by atoms with Gasteiger partial charge in [-0.3, -0.25) is 0 Å². The summed E-state index contributed by atoms with van der Waals surface area (Å²) in [5.74, 6) is 0. The van der Waals surface area contributed by atoms with Gasteiger partial charge in [0, 0.05) is 19.3 Å². The summed E-state index contributed by atoms with van der Waals surface area (Å²) in [5, 5.41) is 18.6. The Morgan fingerprint density at radius 3 is 2.12 bits per heavy atom. The molecule has 2 N–H and O–H groups in total. The van der Waals surface area contributed by atoms with Gasteiger partial charge in [0.2, 0.25) is 0 Å². The third-order valence-electron chi connectivity index (χ3n) is 2.70. The van der Waals surface area contributed by atoms with Crippen molar-refractivity contribution in [1.29, 1.82) is 0 Å². The average molecular weight is 223 g/mol. The summed E-state index contributed by atoms with van der Waals surface area (Å²) in [4.78, 5) is 2.10. The average Bonchev–Trinajstić information content (AvgIpc) is 2.26. The van der Waals surface area contributed by atoms with Gasteiger partial charge in [-0.1, -0.05) is 12.1 Å². The summed E-state index contributed by atoms with van der Waals surface area (Å²) >= 11 is 0. The molecule has 0 aliphatic carbocycles. The molecule has 0 aromatic heterocycles. The standard InChI is InChI=1S/C13H21NO2/c1-10(15)8-9-14(3)13-6-4-12(5-7-13)11(2)16/h4-7,10-11,15-16H,8-9H2,1-3H3/t10?,11-/m1/s1. The summed E-state index contributed by atoms with van der Waals surface area (Å²) in [6.45, 7) is 4.38. The third-order valence-corrected chi connectivity index (χ3v) is 2.70. The Morgan fingerprint density at radius 1 is 1.12 bits per heavy atom. The first kappa shape index (κ1) is 13.0. The van der Waals surface area contributed by atoms with Crippen LogP contribution in [-0.2, 0) is 0 Å². The van der Waals surface area contributed by atoms with Gasteiger partial charge in [0.15, 0.2) is 0 Å². The van der Waals surface area contributed by atoms with E-state index in [-0.39, 0.29) is 6.10 Å². The van der Waals surface area contributed by atoms with Crippen molar-refractivity contribution in [1.82, 2.24) is 0 Å². The second-order valence-corrected chi connectivity index (χ2v) is 4.33.